The number of rotatable bonds is 3. The zero-order valence-corrected chi connectivity index (χ0v) is 10.8. The second-order valence-corrected chi connectivity index (χ2v) is 4.29. The van der Waals surface area contributed by atoms with E-state index in [0.717, 1.165) is 12.0 Å². The van der Waals surface area contributed by atoms with Gasteiger partial charge in [-0.2, -0.15) is 0 Å². The molecule has 0 saturated carbocycles. The maximum Gasteiger partial charge on any atom is 0.343 e. The molecule has 0 aliphatic rings. The number of halogens is 1. The molecule has 2 aromatic carbocycles. The van der Waals surface area contributed by atoms with Gasteiger partial charge in [0.25, 0.3) is 0 Å². The number of para-hydroxylation sites is 1. The topological polar surface area (TPSA) is 26.3 Å². The van der Waals surface area contributed by atoms with Crippen LogP contribution in [-0.2, 0) is 6.42 Å². The van der Waals surface area contributed by atoms with Gasteiger partial charge in [0, 0.05) is 5.02 Å². The van der Waals surface area contributed by atoms with E-state index in [0.29, 0.717) is 16.3 Å². The van der Waals surface area contributed by atoms with E-state index in [4.69, 9.17) is 16.3 Å². The highest BCUT2D eigenvalue weighted by atomic mass is 35.5. The molecule has 0 saturated heterocycles. The maximum atomic E-state index is 12.0. The van der Waals surface area contributed by atoms with E-state index >= 15 is 0 Å². The molecule has 3 heteroatoms. The predicted octanol–water partition coefficient (Wildman–Crippen LogP) is 4.12. The van der Waals surface area contributed by atoms with Crippen molar-refractivity contribution in [3.8, 4) is 5.75 Å². The highest BCUT2D eigenvalue weighted by Gasteiger charge is 2.12. The Balaban J connectivity index is 2.24. The Morgan fingerprint density at radius 2 is 1.89 bits per heavy atom. The van der Waals surface area contributed by atoms with Crippen molar-refractivity contribution in [1.82, 2.24) is 0 Å². The van der Waals surface area contributed by atoms with E-state index in [-0.39, 0.29) is 5.97 Å². The smallest absolute Gasteiger partial charge is 0.343 e. The molecular weight excluding hydrogens is 248 g/mol. The van der Waals surface area contributed by atoms with Crippen molar-refractivity contribution in [2.24, 2.45) is 0 Å². The van der Waals surface area contributed by atoms with Crippen LogP contribution in [0.1, 0.15) is 22.8 Å². The first kappa shape index (κ1) is 12.7. The van der Waals surface area contributed by atoms with Gasteiger partial charge in [0.15, 0.2) is 0 Å². The van der Waals surface area contributed by atoms with Crippen molar-refractivity contribution in [3.05, 3.63) is 64.7 Å². The fourth-order valence-electron chi connectivity index (χ4n) is 1.70. The number of carbonyl (C=O) groups is 1. The SMILES string of the molecule is CCc1cc(Cl)ccc1C(=O)Oc1ccccc1. The van der Waals surface area contributed by atoms with Crippen LogP contribution >= 0.6 is 11.6 Å². The molecule has 0 fully saturated rings. The van der Waals surface area contributed by atoms with Gasteiger partial charge in [0.2, 0.25) is 0 Å². The van der Waals surface area contributed by atoms with Crippen molar-refractivity contribution >= 4 is 17.6 Å². The lowest BCUT2D eigenvalue weighted by molar-refractivity contribution is 0.0733. The molecule has 0 aliphatic carbocycles. The van der Waals surface area contributed by atoms with E-state index in [2.05, 4.69) is 0 Å². The van der Waals surface area contributed by atoms with Gasteiger partial charge in [-0.25, -0.2) is 4.79 Å². The summed E-state index contributed by atoms with van der Waals surface area (Å²) < 4.78 is 5.30. The Labute approximate surface area is 111 Å². The highest BCUT2D eigenvalue weighted by molar-refractivity contribution is 6.30. The third-order valence-electron chi connectivity index (χ3n) is 2.62. The average Bonchev–Trinajstić information content (AvgIpc) is 2.39. The Kier molecular flexibility index (Phi) is 4.00. The van der Waals surface area contributed by atoms with Gasteiger partial charge in [0.05, 0.1) is 5.56 Å². The summed E-state index contributed by atoms with van der Waals surface area (Å²) in [7, 11) is 0. The van der Waals surface area contributed by atoms with Crippen LogP contribution in [0.2, 0.25) is 5.02 Å². The standard InChI is InChI=1S/C15H13ClO2/c1-2-11-10-12(16)8-9-14(11)15(17)18-13-6-4-3-5-7-13/h3-10H,2H2,1H3. The lowest BCUT2D eigenvalue weighted by atomic mass is 10.1. The average molecular weight is 261 g/mol. The molecule has 2 nitrogen and oxygen atoms in total. The summed E-state index contributed by atoms with van der Waals surface area (Å²) in [5.41, 5.74) is 1.45. The first-order valence-electron chi connectivity index (χ1n) is 5.76. The molecule has 0 heterocycles. The number of ether oxygens (including phenoxy) is 1. The summed E-state index contributed by atoms with van der Waals surface area (Å²) >= 11 is 5.91. The molecule has 92 valence electrons. The van der Waals surface area contributed by atoms with Crippen LogP contribution in [0, 0.1) is 0 Å². The van der Waals surface area contributed by atoms with Crippen LogP contribution in [0.3, 0.4) is 0 Å². The summed E-state index contributed by atoms with van der Waals surface area (Å²) in [5, 5.41) is 0.628. The minimum atomic E-state index is -0.352. The number of benzene rings is 2. The fraction of sp³-hybridized carbons (Fsp3) is 0.133. The van der Waals surface area contributed by atoms with Crippen molar-refractivity contribution in [3.63, 3.8) is 0 Å². The van der Waals surface area contributed by atoms with Gasteiger partial charge in [-0.05, 0) is 42.3 Å². The third kappa shape index (κ3) is 2.90. The van der Waals surface area contributed by atoms with Gasteiger partial charge in [-0.15, -0.1) is 0 Å². The van der Waals surface area contributed by atoms with E-state index in [9.17, 15) is 4.79 Å². The van der Waals surface area contributed by atoms with Crippen LogP contribution in [-0.4, -0.2) is 5.97 Å². The van der Waals surface area contributed by atoms with Gasteiger partial charge >= 0.3 is 5.97 Å². The maximum absolute atomic E-state index is 12.0. The molecule has 18 heavy (non-hydrogen) atoms. The number of hydrogen-bond donors (Lipinski definition) is 0. The van der Waals surface area contributed by atoms with E-state index < -0.39 is 0 Å². The molecule has 0 unspecified atom stereocenters. The molecule has 0 atom stereocenters. The molecule has 0 N–H and O–H groups in total. The van der Waals surface area contributed by atoms with Gasteiger partial charge < -0.3 is 4.74 Å². The number of carbonyl (C=O) groups excluding carboxylic acids is 1. The van der Waals surface area contributed by atoms with Crippen LogP contribution in [0.5, 0.6) is 5.75 Å². The molecule has 2 rings (SSSR count). The second kappa shape index (κ2) is 5.69. The Morgan fingerprint density at radius 3 is 2.56 bits per heavy atom. The van der Waals surface area contributed by atoms with Gasteiger partial charge in [0.1, 0.15) is 5.75 Å². The summed E-state index contributed by atoms with van der Waals surface area (Å²) in [5.74, 6) is 0.189. The molecule has 0 spiro atoms. The first-order chi connectivity index (χ1) is 8.70. The summed E-state index contributed by atoms with van der Waals surface area (Å²) in [4.78, 5) is 12.0. The molecule has 2 aromatic rings. The minimum absolute atomic E-state index is 0.352. The van der Waals surface area contributed by atoms with E-state index in [1.54, 1.807) is 30.3 Å². The number of hydrogen-bond acceptors (Lipinski definition) is 2. The highest BCUT2D eigenvalue weighted by Crippen LogP contribution is 2.19. The zero-order valence-electron chi connectivity index (χ0n) is 10.0. The van der Waals surface area contributed by atoms with Crippen LogP contribution in [0.15, 0.2) is 48.5 Å². The molecule has 0 amide bonds. The van der Waals surface area contributed by atoms with Crippen molar-refractivity contribution in [1.29, 1.82) is 0 Å². The van der Waals surface area contributed by atoms with Crippen LogP contribution < -0.4 is 4.74 Å². The number of esters is 1. The lowest BCUT2D eigenvalue weighted by Gasteiger charge is -2.08. The van der Waals surface area contributed by atoms with Crippen LogP contribution in [0.4, 0.5) is 0 Å². The molecule has 0 radical (unpaired) electrons. The molecule has 0 bridgehead atoms. The summed E-state index contributed by atoms with van der Waals surface area (Å²) in [6.45, 7) is 1.98. The third-order valence-corrected chi connectivity index (χ3v) is 2.86. The largest absolute Gasteiger partial charge is 0.423 e. The van der Waals surface area contributed by atoms with Gasteiger partial charge in [-0.1, -0.05) is 36.7 Å². The Hall–Kier alpha value is -1.80. The van der Waals surface area contributed by atoms with E-state index in [1.807, 2.05) is 25.1 Å². The Morgan fingerprint density at radius 1 is 1.17 bits per heavy atom. The molecule has 0 aromatic heterocycles. The number of aryl methyl sites for hydroxylation is 1. The molecule has 0 aliphatic heterocycles. The monoisotopic (exact) mass is 260 g/mol. The Bertz CT molecular complexity index is 550. The normalized spacial score (nSPS) is 10.1. The van der Waals surface area contributed by atoms with E-state index in [1.165, 1.54) is 0 Å². The van der Waals surface area contributed by atoms with Crippen LogP contribution in [0.25, 0.3) is 0 Å². The second-order valence-electron chi connectivity index (χ2n) is 3.86. The van der Waals surface area contributed by atoms with Crippen molar-refractivity contribution in [2.75, 3.05) is 0 Å². The van der Waals surface area contributed by atoms with Crippen molar-refractivity contribution in [2.45, 2.75) is 13.3 Å². The summed E-state index contributed by atoms with van der Waals surface area (Å²) in [6, 6.07) is 14.2. The summed E-state index contributed by atoms with van der Waals surface area (Å²) in [6.07, 6.45) is 0.736. The predicted molar refractivity (Wildman–Crippen MR) is 72.2 cm³/mol. The zero-order chi connectivity index (χ0) is 13.0. The lowest BCUT2D eigenvalue weighted by Crippen LogP contribution is -2.11. The van der Waals surface area contributed by atoms with Crippen molar-refractivity contribution < 1.29 is 9.53 Å². The quantitative estimate of drug-likeness (QED) is 0.613. The molecular formula is C15H13ClO2. The fourth-order valence-corrected chi connectivity index (χ4v) is 1.90. The first-order valence-corrected chi connectivity index (χ1v) is 6.14. The van der Waals surface area contributed by atoms with Gasteiger partial charge in [-0.3, -0.25) is 0 Å². The minimum Gasteiger partial charge on any atom is -0.423 e.